The minimum atomic E-state index is -0.899. The third kappa shape index (κ3) is 5.15. The van der Waals surface area contributed by atoms with E-state index in [1.165, 1.54) is 0 Å². The highest BCUT2D eigenvalue weighted by molar-refractivity contribution is 5.96. The Morgan fingerprint density at radius 2 is 1.66 bits per heavy atom. The highest BCUT2D eigenvalue weighted by atomic mass is 16.5. The zero-order chi connectivity index (χ0) is 20.9. The van der Waals surface area contributed by atoms with Crippen LogP contribution < -0.4 is 10.2 Å². The summed E-state index contributed by atoms with van der Waals surface area (Å²) in [5.74, 6) is -0.796. The number of ether oxygens (including phenoxy) is 2. The quantitative estimate of drug-likeness (QED) is 0.759. The second-order valence-electron chi connectivity index (χ2n) is 7.67. The van der Waals surface area contributed by atoms with Crippen molar-refractivity contribution in [1.82, 2.24) is 0 Å². The molecule has 2 aromatic carbocycles. The Hall–Kier alpha value is -2.86. The second-order valence-corrected chi connectivity index (χ2v) is 7.67. The number of nitrogens with zero attached hydrogens (tertiary/aromatic N) is 1. The third-order valence-corrected chi connectivity index (χ3v) is 5.17. The van der Waals surface area contributed by atoms with Gasteiger partial charge in [0.15, 0.2) is 6.10 Å². The second kappa shape index (κ2) is 9.09. The number of hydrogen-bond donors (Lipinski definition) is 1. The number of morpholine rings is 1. The normalized spacial score (nSPS) is 15.5. The van der Waals surface area contributed by atoms with Crippen molar-refractivity contribution in [3.05, 3.63) is 60.2 Å². The molecule has 1 aliphatic heterocycles. The zero-order valence-corrected chi connectivity index (χ0v) is 17.2. The number of carbonyl (C=O) groups is 2. The van der Waals surface area contributed by atoms with Gasteiger partial charge in [0.05, 0.1) is 18.6 Å². The van der Waals surface area contributed by atoms with E-state index in [9.17, 15) is 9.59 Å². The largest absolute Gasteiger partial charge is 0.452 e. The van der Waals surface area contributed by atoms with Crippen LogP contribution in [0.15, 0.2) is 54.6 Å². The van der Waals surface area contributed by atoms with Crippen molar-refractivity contribution in [2.45, 2.75) is 32.3 Å². The molecule has 29 heavy (non-hydrogen) atoms. The van der Waals surface area contributed by atoms with E-state index in [0.29, 0.717) is 5.69 Å². The van der Waals surface area contributed by atoms with Crippen molar-refractivity contribution in [1.29, 1.82) is 0 Å². The molecule has 6 nitrogen and oxygen atoms in total. The van der Waals surface area contributed by atoms with Gasteiger partial charge in [-0.2, -0.15) is 0 Å². The summed E-state index contributed by atoms with van der Waals surface area (Å²) < 4.78 is 10.8. The van der Waals surface area contributed by atoms with E-state index in [1.54, 1.807) is 20.8 Å². The Balaban J connectivity index is 1.56. The van der Waals surface area contributed by atoms with E-state index in [2.05, 4.69) is 10.2 Å². The lowest BCUT2D eigenvalue weighted by molar-refractivity contribution is -0.158. The smallest absolute Gasteiger partial charge is 0.316 e. The van der Waals surface area contributed by atoms with E-state index in [-0.39, 0.29) is 5.91 Å². The molecule has 0 unspecified atom stereocenters. The van der Waals surface area contributed by atoms with Crippen molar-refractivity contribution < 1.29 is 19.1 Å². The first-order chi connectivity index (χ1) is 13.9. The van der Waals surface area contributed by atoms with Crippen LogP contribution in [-0.4, -0.2) is 44.3 Å². The molecule has 1 heterocycles. The van der Waals surface area contributed by atoms with Gasteiger partial charge in [0.2, 0.25) is 0 Å². The predicted molar refractivity (Wildman–Crippen MR) is 113 cm³/mol. The Morgan fingerprint density at radius 1 is 1.03 bits per heavy atom. The molecular weight excluding hydrogens is 368 g/mol. The summed E-state index contributed by atoms with van der Waals surface area (Å²) in [6.45, 7) is 8.32. The molecule has 0 aromatic heterocycles. The van der Waals surface area contributed by atoms with Crippen LogP contribution in [0.5, 0.6) is 0 Å². The van der Waals surface area contributed by atoms with Gasteiger partial charge in [-0.3, -0.25) is 9.59 Å². The lowest BCUT2D eigenvalue weighted by Crippen LogP contribution is -2.37. The van der Waals surface area contributed by atoms with Crippen molar-refractivity contribution >= 4 is 23.3 Å². The average molecular weight is 396 g/mol. The first-order valence-corrected chi connectivity index (χ1v) is 9.88. The van der Waals surface area contributed by atoms with E-state index in [0.717, 1.165) is 37.6 Å². The van der Waals surface area contributed by atoms with Gasteiger partial charge >= 0.3 is 5.97 Å². The molecule has 3 rings (SSSR count). The van der Waals surface area contributed by atoms with Crippen LogP contribution in [0.2, 0.25) is 0 Å². The van der Waals surface area contributed by atoms with Crippen LogP contribution in [-0.2, 0) is 24.5 Å². The third-order valence-electron chi connectivity index (χ3n) is 5.17. The van der Waals surface area contributed by atoms with Crippen LogP contribution >= 0.6 is 0 Å². The number of esters is 1. The molecule has 0 bridgehead atoms. The molecule has 6 heteroatoms. The molecule has 0 saturated carbocycles. The monoisotopic (exact) mass is 396 g/mol. The average Bonchev–Trinajstić information content (AvgIpc) is 2.75. The standard InChI is InChI=1S/C23H28N2O4/c1-17(29-22(27)23(2,3)18-7-5-4-6-8-18)21(26)24-19-9-11-20(12-10-19)25-13-15-28-16-14-25/h4-12,17H,13-16H2,1-3H3,(H,24,26)/t17-/m1/s1. The Kier molecular flexibility index (Phi) is 6.54. The molecule has 1 fully saturated rings. The number of hydrogen-bond acceptors (Lipinski definition) is 5. The van der Waals surface area contributed by atoms with Crippen molar-refractivity contribution in [2.75, 3.05) is 36.5 Å². The summed E-state index contributed by atoms with van der Waals surface area (Å²) in [5.41, 5.74) is 1.76. The van der Waals surface area contributed by atoms with E-state index < -0.39 is 17.5 Å². The molecule has 1 N–H and O–H groups in total. The Morgan fingerprint density at radius 3 is 2.28 bits per heavy atom. The maximum atomic E-state index is 12.6. The lowest BCUT2D eigenvalue weighted by atomic mass is 9.85. The van der Waals surface area contributed by atoms with Gasteiger partial charge in [-0.1, -0.05) is 30.3 Å². The summed E-state index contributed by atoms with van der Waals surface area (Å²) in [6, 6.07) is 17.0. The van der Waals surface area contributed by atoms with Crippen molar-refractivity contribution in [3.8, 4) is 0 Å². The number of nitrogens with one attached hydrogen (secondary N) is 1. The van der Waals surface area contributed by atoms with E-state index in [4.69, 9.17) is 9.47 Å². The Bertz CT molecular complexity index is 828. The van der Waals surface area contributed by atoms with Crippen LogP contribution in [0.4, 0.5) is 11.4 Å². The lowest BCUT2D eigenvalue weighted by Gasteiger charge is -2.29. The summed E-state index contributed by atoms with van der Waals surface area (Å²) in [5, 5.41) is 2.81. The summed E-state index contributed by atoms with van der Waals surface area (Å²) in [6.07, 6.45) is -0.899. The van der Waals surface area contributed by atoms with Crippen LogP contribution in [0.3, 0.4) is 0 Å². The molecule has 1 aliphatic rings. The highest BCUT2D eigenvalue weighted by Crippen LogP contribution is 2.25. The summed E-state index contributed by atoms with van der Waals surface area (Å²) in [7, 11) is 0. The molecule has 1 atom stereocenters. The zero-order valence-electron chi connectivity index (χ0n) is 17.2. The Labute approximate surface area is 171 Å². The fourth-order valence-corrected chi connectivity index (χ4v) is 3.16. The van der Waals surface area contributed by atoms with Gasteiger partial charge in [0.25, 0.3) is 5.91 Å². The number of amides is 1. The summed E-state index contributed by atoms with van der Waals surface area (Å²) in [4.78, 5) is 27.4. The summed E-state index contributed by atoms with van der Waals surface area (Å²) >= 11 is 0. The molecule has 2 aromatic rings. The van der Waals surface area contributed by atoms with E-state index in [1.807, 2.05) is 54.6 Å². The first kappa shape index (κ1) is 20.9. The topological polar surface area (TPSA) is 67.9 Å². The van der Waals surface area contributed by atoms with Gasteiger partial charge in [0.1, 0.15) is 0 Å². The SMILES string of the molecule is C[C@@H](OC(=O)C(C)(C)c1ccccc1)C(=O)Nc1ccc(N2CCOCC2)cc1. The molecule has 1 saturated heterocycles. The van der Waals surface area contributed by atoms with Crippen LogP contribution in [0.25, 0.3) is 0 Å². The fourth-order valence-electron chi connectivity index (χ4n) is 3.16. The van der Waals surface area contributed by atoms with Gasteiger partial charge < -0.3 is 19.7 Å². The molecular formula is C23H28N2O4. The van der Waals surface area contributed by atoms with Gasteiger partial charge in [-0.15, -0.1) is 0 Å². The van der Waals surface area contributed by atoms with Crippen LogP contribution in [0, 0.1) is 0 Å². The molecule has 1 amide bonds. The first-order valence-electron chi connectivity index (χ1n) is 9.88. The maximum Gasteiger partial charge on any atom is 0.316 e. The fraction of sp³-hybridized carbons (Fsp3) is 0.391. The van der Waals surface area contributed by atoms with Crippen molar-refractivity contribution in [3.63, 3.8) is 0 Å². The molecule has 154 valence electrons. The van der Waals surface area contributed by atoms with E-state index >= 15 is 0 Å². The maximum absolute atomic E-state index is 12.6. The number of carbonyl (C=O) groups excluding carboxylic acids is 2. The van der Waals surface area contributed by atoms with Crippen molar-refractivity contribution in [2.24, 2.45) is 0 Å². The van der Waals surface area contributed by atoms with Crippen LogP contribution in [0.1, 0.15) is 26.3 Å². The number of anilines is 2. The van der Waals surface area contributed by atoms with Gasteiger partial charge in [0, 0.05) is 24.5 Å². The number of rotatable bonds is 6. The van der Waals surface area contributed by atoms with Gasteiger partial charge in [-0.05, 0) is 50.6 Å². The minimum absolute atomic E-state index is 0.360. The molecule has 0 spiro atoms. The van der Waals surface area contributed by atoms with Gasteiger partial charge in [-0.25, -0.2) is 0 Å². The molecule has 0 aliphatic carbocycles. The number of benzene rings is 2. The highest BCUT2D eigenvalue weighted by Gasteiger charge is 2.33. The molecule has 0 radical (unpaired) electrons. The predicted octanol–water partition coefficient (Wildman–Crippen LogP) is 3.37. The minimum Gasteiger partial charge on any atom is -0.452 e.